The van der Waals surface area contributed by atoms with E-state index in [0.717, 1.165) is 39.5 Å². The van der Waals surface area contributed by atoms with Crippen molar-refractivity contribution >= 4 is 55.0 Å². The third kappa shape index (κ3) is 3.68. The Morgan fingerprint density at radius 1 is 1.24 bits per heavy atom. The molecule has 4 rings (SSSR count). The summed E-state index contributed by atoms with van der Waals surface area (Å²) < 4.78 is 40.0. The molecule has 3 heterocycles. The molecule has 148 valence electrons. The zero-order valence-electron chi connectivity index (χ0n) is 14.3. The highest BCUT2D eigenvalue weighted by Crippen LogP contribution is 2.34. The number of thiophene rings is 1. The number of hydrogen-bond donors (Lipinski definition) is 1. The van der Waals surface area contributed by atoms with Crippen LogP contribution in [0.5, 0.6) is 0 Å². The van der Waals surface area contributed by atoms with Gasteiger partial charge in [0, 0.05) is 11.6 Å². The van der Waals surface area contributed by atoms with Crippen molar-refractivity contribution < 1.29 is 18.0 Å². The first-order valence-electron chi connectivity index (χ1n) is 8.13. The second kappa shape index (κ2) is 7.12. The molecule has 0 bridgehead atoms. The van der Waals surface area contributed by atoms with Crippen LogP contribution in [0.1, 0.15) is 5.56 Å². The van der Waals surface area contributed by atoms with E-state index < -0.39 is 29.8 Å². The number of amides is 1. The van der Waals surface area contributed by atoms with Crippen LogP contribution in [0.2, 0.25) is 5.02 Å². The lowest BCUT2D eigenvalue weighted by Crippen LogP contribution is -2.27. The van der Waals surface area contributed by atoms with Crippen molar-refractivity contribution in [2.24, 2.45) is 0 Å². The minimum atomic E-state index is -4.58. The van der Waals surface area contributed by atoms with E-state index in [4.69, 9.17) is 11.6 Å². The number of hydrogen-bond acceptors (Lipinski definition) is 5. The van der Waals surface area contributed by atoms with Gasteiger partial charge in [0.15, 0.2) is 0 Å². The number of alkyl halides is 3. The number of aromatic nitrogens is 3. The smallest absolute Gasteiger partial charge is 0.323 e. The van der Waals surface area contributed by atoms with E-state index in [-0.39, 0.29) is 10.7 Å². The highest BCUT2D eigenvalue weighted by atomic mass is 35.5. The van der Waals surface area contributed by atoms with Gasteiger partial charge < -0.3 is 5.32 Å². The highest BCUT2D eigenvalue weighted by molar-refractivity contribution is 7.25. The van der Waals surface area contributed by atoms with Gasteiger partial charge in [0.2, 0.25) is 5.91 Å². The number of halogens is 4. The number of carbonyl (C=O) groups excluding carboxylic acids is 1. The number of nitrogens with zero attached hydrogens (tertiary/aromatic N) is 3. The summed E-state index contributed by atoms with van der Waals surface area (Å²) in [5.74, 6) is -0.714. The van der Waals surface area contributed by atoms with E-state index in [2.05, 4.69) is 15.3 Å². The lowest BCUT2D eigenvalue weighted by Gasteiger charge is -2.12. The molecule has 0 atom stereocenters. The lowest BCUT2D eigenvalue weighted by atomic mass is 10.2. The molecule has 0 saturated heterocycles. The minimum absolute atomic E-state index is 0.0529. The standard InChI is InChI=1S/C18H10ClF3N4O2S/c19-11-4-3-9(18(20,21)22)6-12(11)25-13(27)7-26-8-24-14-10-2-1-5-23-16(10)29-15(14)17(26)28/h1-6,8H,7H2,(H,25,27). The van der Waals surface area contributed by atoms with E-state index >= 15 is 0 Å². The quantitative estimate of drug-likeness (QED) is 0.517. The third-order valence-corrected chi connectivity index (χ3v) is 5.52. The zero-order valence-corrected chi connectivity index (χ0v) is 15.9. The molecule has 0 radical (unpaired) electrons. The molecule has 0 aliphatic rings. The Bertz CT molecular complexity index is 1320. The summed E-state index contributed by atoms with van der Waals surface area (Å²) in [6.45, 7) is -0.435. The van der Waals surface area contributed by atoms with Gasteiger partial charge in [-0.05, 0) is 30.3 Å². The fourth-order valence-corrected chi connectivity index (χ4v) is 3.97. The normalized spacial score (nSPS) is 11.9. The number of carbonyl (C=O) groups is 1. The van der Waals surface area contributed by atoms with Crippen molar-refractivity contribution in [1.29, 1.82) is 0 Å². The predicted octanol–water partition coefficient (Wildman–Crippen LogP) is 4.32. The molecule has 29 heavy (non-hydrogen) atoms. The van der Waals surface area contributed by atoms with Gasteiger partial charge in [-0.1, -0.05) is 11.6 Å². The molecule has 0 saturated carbocycles. The van der Waals surface area contributed by atoms with Crippen LogP contribution in [0.3, 0.4) is 0 Å². The largest absolute Gasteiger partial charge is 0.416 e. The van der Waals surface area contributed by atoms with Crippen molar-refractivity contribution in [3.8, 4) is 0 Å². The topological polar surface area (TPSA) is 76.9 Å². The second-order valence-electron chi connectivity index (χ2n) is 6.05. The van der Waals surface area contributed by atoms with Crippen LogP contribution in [-0.4, -0.2) is 20.4 Å². The third-order valence-electron chi connectivity index (χ3n) is 4.10. The number of anilines is 1. The number of fused-ring (bicyclic) bond motifs is 3. The molecule has 0 aliphatic carbocycles. The molecule has 6 nitrogen and oxygen atoms in total. The maximum absolute atomic E-state index is 12.9. The maximum Gasteiger partial charge on any atom is 0.416 e. The summed E-state index contributed by atoms with van der Waals surface area (Å²) in [4.78, 5) is 34.1. The Morgan fingerprint density at radius 2 is 2.03 bits per heavy atom. The van der Waals surface area contributed by atoms with Crippen molar-refractivity contribution in [1.82, 2.24) is 14.5 Å². The summed E-state index contributed by atoms with van der Waals surface area (Å²) in [6.07, 6.45) is -1.76. The van der Waals surface area contributed by atoms with Crippen LogP contribution in [0.25, 0.3) is 20.4 Å². The molecule has 0 spiro atoms. The Hall–Kier alpha value is -2.98. The van der Waals surface area contributed by atoms with Gasteiger partial charge in [-0.2, -0.15) is 13.2 Å². The minimum Gasteiger partial charge on any atom is -0.323 e. The van der Waals surface area contributed by atoms with E-state index in [1.165, 1.54) is 6.33 Å². The van der Waals surface area contributed by atoms with E-state index in [9.17, 15) is 22.8 Å². The van der Waals surface area contributed by atoms with E-state index in [1.54, 1.807) is 18.3 Å². The molecule has 0 aliphatic heterocycles. The fraction of sp³-hybridized carbons (Fsp3) is 0.111. The number of rotatable bonds is 3. The molecule has 0 fully saturated rings. The van der Waals surface area contributed by atoms with Crippen molar-refractivity contribution in [3.05, 3.63) is 63.8 Å². The summed E-state index contributed by atoms with van der Waals surface area (Å²) in [7, 11) is 0. The molecule has 3 aromatic heterocycles. The average Bonchev–Trinajstić information content (AvgIpc) is 3.04. The Labute approximate surface area is 169 Å². The van der Waals surface area contributed by atoms with Crippen molar-refractivity contribution in [2.75, 3.05) is 5.32 Å². The van der Waals surface area contributed by atoms with Gasteiger partial charge in [0.05, 0.1) is 28.1 Å². The van der Waals surface area contributed by atoms with Crippen LogP contribution in [0.15, 0.2) is 47.7 Å². The molecule has 4 aromatic rings. The van der Waals surface area contributed by atoms with Crippen LogP contribution in [0.4, 0.5) is 18.9 Å². The average molecular weight is 439 g/mol. The van der Waals surface area contributed by atoms with Crippen LogP contribution >= 0.6 is 22.9 Å². The highest BCUT2D eigenvalue weighted by Gasteiger charge is 2.31. The summed E-state index contributed by atoms with van der Waals surface area (Å²) in [5, 5.41) is 2.99. The Kier molecular flexibility index (Phi) is 4.75. The molecule has 1 N–H and O–H groups in total. The number of benzene rings is 1. The molecular weight excluding hydrogens is 429 g/mol. The van der Waals surface area contributed by atoms with Gasteiger partial charge >= 0.3 is 6.18 Å². The first-order valence-corrected chi connectivity index (χ1v) is 9.33. The van der Waals surface area contributed by atoms with E-state index in [0.29, 0.717) is 15.0 Å². The molecule has 1 aromatic carbocycles. The van der Waals surface area contributed by atoms with Crippen LogP contribution < -0.4 is 10.9 Å². The van der Waals surface area contributed by atoms with Crippen molar-refractivity contribution in [2.45, 2.75) is 12.7 Å². The van der Waals surface area contributed by atoms with E-state index in [1.807, 2.05) is 0 Å². The fourth-order valence-electron chi connectivity index (χ4n) is 2.76. The summed E-state index contributed by atoms with van der Waals surface area (Å²) >= 11 is 7.04. The Morgan fingerprint density at radius 3 is 2.79 bits per heavy atom. The molecule has 0 unspecified atom stereocenters. The first kappa shape index (κ1) is 19.3. The molecular formula is C18H10ClF3N4O2S. The number of pyridine rings is 1. The van der Waals surface area contributed by atoms with Gasteiger partial charge in [-0.3, -0.25) is 14.2 Å². The van der Waals surface area contributed by atoms with Gasteiger partial charge in [-0.15, -0.1) is 11.3 Å². The SMILES string of the molecule is O=C(Cn1cnc2c(sc3ncccc32)c1=O)Nc1cc(C(F)(F)F)ccc1Cl. The maximum atomic E-state index is 12.9. The van der Waals surface area contributed by atoms with Crippen LogP contribution in [-0.2, 0) is 17.5 Å². The number of nitrogens with one attached hydrogen (secondary N) is 1. The monoisotopic (exact) mass is 438 g/mol. The zero-order chi connectivity index (χ0) is 20.8. The van der Waals surface area contributed by atoms with Gasteiger partial charge in [0.1, 0.15) is 16.1 Å². The van der Waals surface area contributed by atoms with Gasteiger partial charge in [-0.25, -0.2) is 9.97 Å². The second-order valence-corrected chi connectivity index (χ2v) is 7.46. The molecule has 11 heteroatoms. The summed E-state index contributed by atoms with van der Waals surface area (Å²) in [6, 6.07) is 6.12. The van der Waals surface area contributed by atoms with Crippen molar-refractivity contribution in [3.63, 3.8) is 0 Å². The van der Waals surface area contributed by atoms with Gasteiger partial charge in [0.25, 0.3) is 5.56 Å². The lowest BCUT2D eigenvalue weighted by molar-refractivity contribution is -0.137. The predicted molar refractivity (Wildman–Crippen MR) is 104 cm³/mol. The first-order chi connectivity index (χ1) is 13.7. The Balaban J connectivity index is 1.62. The summed E-state index contributed by atoms with van der Waals surface area (Å²) in [5.41, 5.74) is -1.10. The van der Waals surface area contributed by atoms with Crippen LogP contribution in [0, 0.1) is 0 Å². The molecule has 1 amide bonds.